The molecule has 0 spiro atoms. The van der Waals surface area contributed by atoms with Crippen LogP contribution in [0.15, 0.2) is 36.4 Å². The molecule has 0 atom stereocenters. The quantitative estimate of drug-likeness (QED) is 0.746. The molecule has 2 fully saturated rings. The topological polar surface area (TPSA) is 64.1 Å². The maximum Gasteiger partial charge on any atom is 0.254 e. The number of nitrogens with zero attached hydrogens (tertiary/aromatic N) is 3. The Balaban J connectivity index is 1.28. The van der Waals surface area contributed by atoms with Crippen molar-refractivity contribution in [1.82, 2.24) is 9.80 Å². The molecule has 1 saturated carbocycles. The second-order valence-electron chi connectivity index (χ2n) is 9.34. The van der Waals surface area contributed by atoms with Crippen LogP contribution in [-0.2, 0) is 11.2 Å². The molecule has 3 aliphatic rings. The molecule has 2 amide bonds. The first-order valence-corrected chi connectivity index (χ1v) is 12.3. The Morgan fingerprint density at radius 1 is 1.00 bits per heavy atom. The van der Waals surface area contributed by atoms with E-state index in [1.165, 1.54) is 11.3 Å². The smallest absolute Gasteiger partial charge is 0.254 e. The fourth-order valence-electron chi connectivity index (χ4n) is 4.98. The highest BCUT2D eigenvalue weighted by Crippen LogP contribution is 2.37. The third-order valence-corrected chi connectivity index (χ3v) is 7.49. The van der Waals surface area contributed by atoms with E-state index in [2.05, 4.69) is 30.0 Å². The second-order valence-corrected chi connectivity index (χ2v) is 9.74. The normalized spacial score (nSPS) is 19.3. The lowest BCUT2D eigenvalue weighted by molar-refractivity contribution is -0.143. The number of piperazine rings is 1. The second kappa shape index (κ2) is 8.65. The Hall–Kier alpha value is -2.57. The summed E-state index contributed by atoms with van der Waals surface area (Å²) in [6.45, 7) is 6.10. The summed E-state index contributed by atoms with van der Waals surface area (Å²) < 4.78 is 0. The van der Waals surface area contributed by atoms with Gasteiger partial charge >= 0.3 is 0 Å². The van der Waals surface area contributed by atoms with Gasteiger partial charge in [0.15, 0.2) is 0 Å². The lowest BCUT2D eigenvalue weighted by atomic mass is 9.95. The van der Waals surface area contributed by atoms with Crippen LogP contribution in [0.4, 0.5) is 5.69 Å². The molecule has 2 aromatic carbocycles. The van der Waals surface area contributed by atoms with Crippen molar-refractivity contribution >= 4 is 29.1 Å². The molecule has 2 aliphatic heterocycles. The average Bonchev–Trinajstić information content (AvgIpc) is 3.60. The lowest BCUT2D eigenvalue weighted by Gasteiger charge is -2.35. The number of anilines is 1. The van der Waals surface area contributed by atoms with E-state index in [0.29, 0.717) is 49.6 Å². The number of aliphatic hydroxyl groups is 1. The van der Waals surface area contributed by atoms with Crippen molar-refractivity contribution in [2.24, 2.45) is 0 Å². The molecule has 174 valence electrons. The fourth-order valence-corrected chi connectivity index (χ4v) is 5.26. The number of aryl methyl sites for hydroxylation is 1. The van der Waals surface area contributed by atoms with Crippen LogP contribution in [0.2, 0.25) is 5.02 Å². The minimum Gasteiger partial charge on any atom is -0.380 e. The largest absolute Gasteiger partial charge is 0.380 e. The number of halogens is 1. The van der Waals surface area contributed by atoms with E-state index >= 15 is 0 Å². The van der Waals surface area contributed by atoms with Crippen molar-refractivity contribution in [3.8, 4) is 11.1 Å². The first-order chi connectivity index (χ1) is 15.9. The third kappa shape index (κ3) is 4.22. The zero-order chi connectivity index (χ0) is 23.2. The van der Waals surface area contributed by atoms with Gasteiger partial charge in [-0.25, -0.2) is 0 Å². The van der Waals surface area contributed by atoms with Crippen LogP contribution >= 0.6 is 11.6 Å². The summed E-state index contributed by atoms with van der Waals surface area (Å²) in [5.74, 6) is -0.279. The maximum absolute atomic E-state index is 13.1. The lowest BCUT2D eigenvalue weighted by Crippen LogP contribution is -2.53. The molecular weight excluding hydrogens is 438 g/mol. The van der Waals surface area contributed by atoms with Gasteiger partial charge in [0.2, 0.25) is 0 Å². The van der Waals surface area contributed by atoms with Crippen LogP contribution < -0.4 is 4.90 Å². The van der Waals surface area contributed by atoms with Crippen molar-refractivity contribution in [3.63, 3.8) is 0 Å². The van der Waals surface area contributed by atoms with E-state index < -0.39 is 5.60 Å². The molecule has 0 radical (unpaired) electrons. The van der Waals surface area contributed by atoms with Crippen molar-refractivity contribution < 1.29 is 14.7 Å². The highest BCUT2D eigenvalue weighted by Gasteiger charge is 2.50. The summed E-state index contributed by atoms with van der Waals surface area (Å²) >= 11 is 6.65. The first-order valence-electron chi connectivity index (χ1n) is 11.9. The molecule has 0 unspecified atom stereocenters. The van der Waals surface area contributed by atoms with E-state index in [4.69, 9.17) is 11.6 Å². The summed E-state index contributed by atoms with van der Waals surface area (Å²) in [6.07, 6.45) is 3.30. The molecule has 2 aromatic rings. The van der Waals surface area contributed by atoms with Gasteiger partial charge in [0.1, 0.15) is 5.60 Å². The minimum atomic E-state index is -1.15. The zero-order valence-electron chi connectivity index (χ0n) is 19.0. The van der Waals surface area contributed by atoms with Gasteiger partial charge in [-0.05, 0) is 68.0 Å². The van der Waals surface area contributed by atoms with E-state index in [0.717, 1.165) is 37.1 Å². The van der Waals surface area contributed by atoms with Crippen LogP contribution in [0.1, 0.15) is 42.1 Å². The van der Waals surface area contributed by atoms with Crippen LogP contribution in [0.5, 0.6) is 0 Å². The van der Waals surface area contributed by atoms with Crippen LogP contribution in [0.25, 0.3) is 11.1 Å². The van der Waals surface area contributed by atoms with E-state index in [9.17, 15) is 14.7 Å². The van der Waals surface area contributed by atoms with Crippen LogP contribution in [0, 0.1) is 0 Å². The Morgan fingerprint density at radius 2 is 1.73 bits per heavy atom. The summed E-state index contributed by atoms with van der Waals surface area (Å²) in [6, 6.07) is 12.0. The Bertz CT molecular complexity index is 1090. The Labute approximate surface area is 199 Å². The third-order valence-electron chi connectivity index (χ3n) is 7.18. The summed E-state index contributed by atoms with van der Waals surface area (Å²) in [4.78, 5) is 31.2. The zero-order valence-corrected chi connectivity index (χ0v) is 19.8. The van der Waals surface area contributed by atoms with E-state index in [1.807, 2.05) is 12.1 Å². The number of fused-ring (bicyclic) bond motifs is 1. The maximum atomic E-state index is 13.1. The molecule has 6 nitrogen and oxygen atoms in total. The standard InChI is InChI=1S/C26H30ClN3O3/c1-2-28-11-3-4-19-16-18(6-8-23(19)28)21-7-5-20(17-22(21)27)24(31)29-12-14-30(15-13-29)25(32)26(33)9-10-26/h5-8,16-17,33H,2-4,9-15H2,1H3. The highest BCUT2D eigenvalue weighted by molar-refractivity contribution is 6.33. The predicted molar refractivity (Wildman–Crippen MR) is 130 cm³/mol. The molecule has 1 N–H and O–H groups in total. The number of benzene rings is 2. The summed E-state index contributed by atoms with van der Waals surface area (Å²) in [5, 5.41) is 10.6. The van der Waals surface area contributed by atoms with Gasteiger partial charge < -0.3 is 19.8 Å². The molecule has 1 saturated heterocycles. The van der Waals surface area contributed by atoms with Crippen molar-refractivity contribution in [2.45, 2.75) is 38.2 Å². The van der Waals surface area contributed by atoms with Gasteiger partial charge in [-0.15, -0.1) is 0 Å². The fraction of sp³-hybridized carbons (Fsp3) is 0.462. The van der Waals surface area contributed by atoms with Gasteiger partial charge in [-0.3, -0.25) is 9.59 Å². The van der Waals surface area contributed by atoms with Crippen LogP contribution in [-0.4, -0.2) is 71.6 Å². The molecule has 1 aliphatic carbocycles. The number of hydrogen-bond donors (Lipinski definition) is 1. The minimum absolute atomic E-state index is 0.0790. The molecule has 5 rings (SSSR count). The van der Waals surface area contributed by atoms with Gasteiger partial charge in [-0.2, -0.15) is 0 Å². The van der Waals surface area contributed by atoms with Gasteiger partial charge in [0.25, 0.3) is 11.8 Å². The van der Waals surface area contributed by atoms with Crippen LogP contribution in [0.3, 0.4) is 0 Å². The Kier molecular flexibility index (Phi) is 5.83. The van der Waals surface area contributed by atoms with Crippen molar-refractivity contribution in [2.75, 3.05) is 44.2 Å². The Morgan fingerprint density at radius 3 is 2.39 bits per heavy atom. The number of amides is 2. The number of carbonyl (C=O) groups is 2. The van der Waals surface area contributed by atoms with Gasteiger partial charge in [0, 0.05) is 61.1 Å². The molecule has 0 bridgehead atoms. The molecule has 0 aromatic heterocycles. The van der Waals surface area contributed by atoms with E-state index in [1.54, 1.807) is 15.9 Å². The number of hydrogen-bond acceptors (Lipinski definition) is 4. The molecular formula is C26H30ClN3O3. The average molecular weight is 468 g/mol. The summed E-state index contributed by atoms with van der Waals surface area (Å²) in [7, 11) is 0. The molecule has 33 heavy (non-hydrogen) atoms. The summed E-state index contributed by atoms with van der Waals surface area (Å²) in [5.41, 5.74) is 4.06. The SMILES string of the molecule is CCN1CCCc2cc(-c3ccc(C(=O)N4CCN(C(=O)C5(O)CC5)CC4)cc3Cl)ccc21. The predicted octanol–water partition coefficient (Wildman–Crippen LogP) is 3.59. The number of carbonyl (C=O) groups excluding carboxylic acids is 2. The molecule has 7 heteroatoms. The first kappa shape index (κ1) is 22.2. The number of rotatable bonds is 4. The van der Waals surface area contributed by atoms with Gasteiger partial charge in [0.05, 0.1) is 0 Å². The van der Waals surface area contributed by atoms with E-state index in [-0.39, 0.29) is 11.8 Å². The van der Waals surface area contributed by atoms with Crippen molar-refractivity contribution in [1.29, 1.82) is 0 Å². The monoisotopic (exact) mass is 467 g/mol. The molecule has 2 heterocycles. The van der Waals surface area contributed by atoms with Crippen molar-refractivity contribution in [3.05, 3.63) is 52.5 Å². The highest BCUT2D eigenvalue weighted by atomic mass is 35.5. The van der Waals surface area contributed by atoms with Gasteiger partial charge in [-0.1, -0.05) is 23.7 Å².